The van der Waals surface area contributed by atoms with E-state index >= 15 is 0 Å². The highest BCUT2D eigenvalue weighted by Crippen LogP contribution is 2.27. The fraction of sp³-hybridized carbons (Fsp3) is 0.562. The smallest absolute Gasteiger partial charge is 0.253 e. The second-order valence-electron chi connectivity index (χ2n) is 5.89. The molecule has 4 heteroatoms. The molecule has 2 rings (SSSR count). The van der Waals surface area contributed by atoms with Gasteiger partial charge in [0.05, 0.1) is 5.02 Å². The summed E-state index contributed by atoms with van der Waals surface area (Å²) in [5, 5.41) is 9.65. The van der Waals surface area contributed by atoms with Crippen molar-refractivity contribution in [2.75, 3.05) is 13.1 Å². The molecule has 1 aromatic rings. The first-order valence-corrected chi connectivity index (χ1v) is 7.64. The van der Waals surface area contributed by atoms with E-state index in [9.17, 15) is 9.90 Å². The first-order chi connectivity index (χ1) is 9.49. The van der Waals surface area contributed by atoms with Crippen molar-refractivity contribution in [3.8, 4) is 5.75 Å². The molecule has 0 aromatic heterocycles. The number of carbonyl (C=O) groups excluding carboxylic acids is 1. The lowest BCUT2D eigenvalue weighted by Gasteiger charge is -2.21. The van der Waals surface area contributed by atoms with Crippen LogP contribution >= 0.6 is 11.6 Å². The van der Waals surface area contributed by atoms with Gasteiger partial charge < -0.3 is 10.0 Å². The van der Waals surface area contributed by atoms with Gasteiger partial charge in [0.15, 0.2) is 0 Å². The van der Waals surface area contributed by atoms with E-state index in [-0.39, 0.29) is 16.7 Å². The molecule has 1 atom stereocenters. The Kier molecular flexibility index (Phi) is 4.92. The number of hydrogen-bond donors (Lipinski definition) is 1. The Balaban J connectivity index is 2.07. The van der Waals surface area contributed by atoms with Gasteiger partial charge in [0.2, 0.25) is 0 Å². The predicted molar refractivity (Wildman–Crippen MR) is 81.2 cm³/mol. The fourth-order valence-corrected chi connectivity index (χ4v) is 2.99. The van der Waals surface area contributed by atoms with E-state index in [4.69, 9.17) is 11.6 Å². The summed E-state index contributed by atoms with van der Waals surface area (Å²) in [7, 11) is 0. The quantitative estimate of drug-likeness (QED) is 0.897. The molecule has 1 saturated heterocycles. The van der Waals surface area contributed by atoms with Crippen LogP contribution in [0.3, 0.4) is 0 Å². The third kappa shape index (κ3) is 3.45. The van der Waals surface area contributed by atoms with Crippen LogP contribution in [0.15, 0.2) is 18.2 Å². The molecule has 3 nitrogen and oxygen atoms in total. The fourth-order valence-electron chi connectivity index (χ4n) is 2.81. The van der Waals surface area contributed by atoms with Crippen molar-refractivity contribution in [1.29, 1.82) is 0 Å². The number of carbonyl (C=O) groups is 1. The first-order valence-electron chi connectivity index (χ1n) is 7.27. The molecule has 0 bridgehead atoms. The molecule has 0 radical (unpaired) electrons. The van der Waals surface area contributed by atoms with E-state index < -0.39 is 0 Å². The third-order valence-corrected chi connectivity index (χ3v) is 4.50. The molecule has 110 valence electrons. The van der Waals surface area contributed by atoms with E-state index in [1.807, 2.05) is 4.90 Å². The zero-order valence-electron chi connectivity index (χ0n) is 12.1. The summed E-state index contributed by atoms with van der Waals surface area (Å²) in [6.07, 6.45) is 3.31. The number of likely N-dealkylation sites (tertiary alicyclic amines) is 1. The zero-order chi connectivity index (χ0) is 14.7. The van der Waals surface area contributed by atoms with E-state index in [0.29, 0.717) is 17.4 Å². The number of hydrogen-bond acceptors (Lipinski definition) is 2. The normalized spacial score (nSPS) is 20.0. The van der Waals surface area contributed by atoms with E-state index in [1.165, 1.54) is 12.5 Å². The highest BCUT2D eigenvalue weighted by atomic mass is 35.5. The number of phenolic OH excluding ortho intramolecular Hbond substituents is 1. The molecule has 1 aromatic carbocycles. The second kappa shape index (κ2) is 6.49. The molecule has 1 aliphatic rings. The van der Waals surface area contributed by atoms with Gasteiger partial charge in [-0.15, -0.1) is 0 Å². The lowest BCUT2D eigenvalue weighted by molar-refractivity contribution is 0.0759. The van der Waals surface area contributed by atoms with E-state index in [2.05, 4.69) is 13.8 Å². The van der Waals surface area contributed by atoms with Gasteiger partial charge in [-0.25, -0.2) is 0 Å². The van der Waals surface area contributed by atoms with Gasteiger partial charge in [-0.2, -0.15) is 0 Å². The number of amides is 1. The summed E-state index contributed by atoms with van der Waals surface area (Å²) < 4.78 is 0. The average Bonchev–Trinajstić information content (AvgIpc) is 2.67. The van der Waals surface area contributed by atoms with Gasteiger partial charge in [0, 0.05) is 18.7 Å². The summed E-state index contributed by atoms with van der Waals surface area (Å²) >= 11 is 5.87. The summed E-state index contributed by atoms with van der Waals surface area (Å²) in [6.45, 7) is 6.12. The SMILES string of the molecule is CC(C)C1CCCN(C(=O)c2ccc(O)c(Cl)c2)CC1. The minimum Gasteiger partial charge on any atom is -0.506 e. The molecule has 0 saturated carbocycles. The molecule has 1 fully saturated rings. The summed E-state index contributed by atoms with van der Waals surface area (Å²) in [5.74, 6) is 1.40. The molecular weight excluding hydrogens is 274 g/mol. The van der Waals surface area contributed by atoms with Crippen molar-refractivity contribution >= 4 is 17.5 Å². The highest BCUT2D eigenvalue weighted by Gasteiger charge is 2.23. The molecule has 1 unspecified atom stereocenters. The lowest BCUT2D eigenvalue weighted by Crippen LogP contribution is -2.32. The highest BCUT2D eigenvalue weighted by molar-refractivity contribution is 6.32. The monoisotopic (exact) mass is 295 g/mol. The Bertz CT molecular complexity index is 487. The van der Waals surface area contributed by atoms with Crippen LogP contribution < -0.4 is 0 Å². The van der Waals surface area contributed by atoms with Crippen LogP contribution in [0, 0.1) is 11.8 Å². The maximum absolute atomic E-state index is 12.5. The maximum Gasteiger partial charge on any atom is 0.253 e. The van der Waals surface area contributed by atoms with Crippen LogP contribution in [0.4, 0.5) is 0 Å². The lowest BCUT2D eigenvalue weighted by atomic mass is 9.89. The van der Waals surface area contributed by atoms with Gasteiger partial charge in [0.1, 0.15) is 5.75 Å². The van der Waals surface area contributed by atoms with Gasteiger partial charge in [-0.1, -0.05) is 25.4 Å². The molecule has 0 spiro atoms. The van der Waals surface area contributed by atoms with Crippen LogP contribution in [-0.2, 0) is 0 Å². The van der Waals surface area contributed by atoms with Gasteiger partial charge in [-0.3, -0.25) is 4.79 Å². The van der Waals surface area contributed by atoms with Crippen LogP contribution in [0.25, 0.3) is 0 Å². The average molecular weight is 296 g/mol. The topological polar surface area (TPSA) is 40.5 Å². The number of halogens is 1. The van der Waals surface area contributed by atoms with Crippen molar-refractivity contribution in [1.82, 2.24) is 4.90 Å². The Morgan fingerprint density at radius 2 is 2.10 bits per heavy atom. The number of aromatic hydroxyl groups is 1. The molecule has 1 heterocycles. The van der Waals surface area contributed by atoms with E-state index in [1.54, 1.807) is 12.1 Å². The largest absolute Gasteiger partial charge is 0.506 e. The molecule has 0 aliphatic carbocycles. The third-order valence-electron chi connectivity index (χ3n) is 4.20. The van der Waals surface area contributed by atoms with Crippen molar-refractivity contribution in [2.24, 2.45) is 11.8 Å². The summed E-state index contributed by atoms with van der Waals surface area (Å²) in [4.78, 5) is 14.4. The van der Waals surface area contributed by atoms with Crippen molar-refractivity contribution < 1.29 is 9.90 Å². The van der Waals surface area contributed by atoms with Gasteiger partial charge in [0.25, 0.3) is 5.91 Å². The minimum atomic E-state index is 0.0105. The second-order valence-corrected chi connectivity index (χ2v) is 6.30. The summed E-state index contributed by atoms with van der Waals surface area (Å²) in [6, 6.07) is 4.66. The Morgan fingerprint density at radius 3 is 2.75 bits per heavy atom. The van der Waals surface area contributed by atoms with Gasteiger partial charge >= 0.3 is 0 Å². The summed E-state index contributed by atoms with van der Waals surface area (Å²) in [5.41, 5.74) is 0.552. The number of nitrogens with zero attached hydrogens (tertiary/aromatic N) is 1. The Labute approximate surface area is 125 Å². The first kappa shape index (κ1) is 15.2. The van der Waals surface area contributed by atoms with E-state index in [0.717, 1.165) is 25.9 Å². The number of benzene rings is 1. The molecule has 20 heavy (non-hydrogen) atoms. The Hall–Kier alpha value is -1.22. The molecular formula is C16H22ClNO2. The molecule has 1 N–H and O–H groups in total. The van der Waals surface area contributed by atoms with Crippen molar-refractivity contribution in [3.63, 3.8) is 0 Å². The number of rotatable bonds is 2. The minimum absolute atomic E-state index is 0.0105. The maximum atomic E-state index is 12.5. The van der Waals surface area contributed by atoms with Crippen LogP contribution in [0.2, 0.25) is 5.02 Å². The molecule has 1 aliphatic heterocycles. The predicted octanol–water partition coefficient (Wildman–Crippen LogP) is 3.94. The molecule has 1 amide bonds. The van der Waals surface area contributed by atoms with Crippen LogP contribution in [-0.4, -0.2) is 29.0 Å². The van der Waals surface area contributed by atoms with Gasteiger partial charge in [-0.05, 0) is 49.3 Å². The standard InChI is InChI=1S/C16H22ClNO2/c1-11(2)12-4-3-8-18(9-7-12)16(20)13-5-6-15(19)14(17)10-13/h5-6,10-12,19H,3-4,7-9H2,1-2H3. The van der Waals surface area contributed by atoms with Crippen LogP contribution in [0.1, 0.15) is 43.5 Å². The zero-order valence-corrected chi connectivity index (χ0v) is 12.9. The van der Waals surface area contributed by atoms with Crippen molar-refractivity contribution in [2.45, 2.75) is 33.1 Å². The van der Waals surface area contributed by atoms with Crippen molar-refractivity contribution in [3.05, 3.63) is 28.8 Å². The number of phenols is 1. The Morgan fingerprint density at radius 1 is 1.35 bits per heavy atom. The van der Waals surface area contributed by atoms with Crippen LogP contribution in [0.5, 0.6) is 5.75 Å².